The molecule has 0 aliphatic carbocycles. The molecule has 0 atom stereocenters. The van der Waals surface area contributed by atoms with Crippen LogP contribution in [0, 0.1) is 12.8 Å². The summed E-state index contributed by atoms with van der Waals surface area (Å²) in [6.07, 6.45) is 7.23. The van der Waals surface area contributed by atoms with Crippen molar-refractivity contribution in [2.45, 2.75) is 46.2 Å². The first-order valence-electron chi connectivity index (χ1n) is 7.89. The van der Waals surface area contributed by atoms with E-state index in [9.17, 15) is 0 Å². The molecule has 2 aromatic rings. The summed E-state index contributed by atoms with van der Waals surface area (Å²) in [7, 11) is 0. The van der Waals surface area contributed by atoms with Crippen molar-refractivity contribution in [3.05, 3.63) is 35.8 Å². The quantitative estimate of drug-likeness (QED) is 0.848. The molecule has 0 saturated carbocycles. The Morgan fingerprint density at radius 3 is 2.76 bits per heavy atom. The van der Waals surface area contributed by atoms with Crippen LogP contribution in [0.4, 0.5) is 0 Å². The second-order valence-corrected chi connectivity index (χ2v) is 5.92. The monoisotopic (exact) mass is 288 g/mol. The second-order valence-electron chi connectivity index (χ2n) is 5.92. The van der Waals surface area contributed by atoms with Gasteiger partial charge < -0.3 is 4.42 Å². The molecule has 21 heavy (non-hydrogen) atoms. The fourth-order valence-electron chi connectivity index (χ4n) is 2.99. The van der Waals surface area contributed by atoms with Crippen LogP contribution in [-0.4, -0.2) is 32.8 Å². The van der Waals surface area contributed by atoms with Crippen molar-refractivity contribution in [1.82, 2.24) is 19.7 Å². The molecule has 1 aliphatic rings. The van der Waals surface area contributed by atoms with Gasteiger partial charge in [0.05, 0.1) is 12.2 Å². The first-order chi connectivity index (χ1) is 10.2. The maximum absolute atomic E-state index is 5.81. The van der Waals surface area contributed by atoms with Gasteiger partial charge in [-0.3, -0.25) is 9.58 Å². The van der Waals surface area contributed by atoms with Gasteiger partial charge in [0.2, 0.25) is 0 Å². The highest BCUT2D eigenvalue weighted by molar-refractivity contribution is 5.08. The topological polar surface area (TPSA) is 47.1 Å². The normalized spacial score (nSPS) is 17.4. The Bertz CT molecular complexity index is 553. The van der Waals surface area contributed by atoms with E-state index >= 15 is 0 Å². The molecular weight excluding hydrogens is 264 g/mol. The molecule has 0 bridgehead atoms. The van der Waals surface area contributed by atoms with E-state index in [1.54, 1.807) is 0 Å². The van der Waals surface area contributed by atoms with Crippen molar-refractivity contribution in [3.8, 4) is 0 Å². The summed E-state index contributed by atoms with van der Waals surface area (Å²) >= 11 is 0. The number of likely N-dealkylation sites (tertiary alicyclic amines) is 1. The Balaban J connectivity index is 1.50. The van der Waals surface area contributed by atoms with Crippen LogP contribution in [0.15, 0.2) is 22.9 Å². The minimum Gasteiger partial charge on any atom is -0.444 e. The van der Waals surface area contributed by atoms with Crippen LogP contribution in [0.1, 0.15) is 37.1 Å². The average molecular weight is 288 g/mol. The molecular formula is C16H24N4O. The Labute approximate surface area is 126 Å². The Morgan fingerprint density at radius 1 is 1.33 bits per heavy atom. The van der Waals surface area contributed by atoms with Gasteiger partial charge in [-0.2, -0.15) is 5.10 Å². The molecule has 1 fully saturated rings. The molecule has 3 heterocycles. The number of piperidine rings is 1. The predicted molar refractivity (Wildman–Crippen MR) is 80.8 cm³/mol. The van der Waals surface area contributed by atoms with Crippen molar-refractivity contribution >= 4 is 0 Å². The molecule has 2 aromatic heterocycles. The SMILES string of the molecule is CCc1nc(C)c(CN2CCC(Cn3cccn3)CC2)o1. The van der Waals surface area contributed by atoms with Crippen molar-refractivity contribution in [2.24, 2.45) is 5.92 Å². The summed E-state index contributed by atoms with van der Waals surface area (Å²) in [6, 6.07) is 1.99. The standard InChI is InChI=1S/C16H24N4O/c1-3-16-18-13(2)15(21-16)12-19-9-5-14(6-10-19)11-20-8-4-7-17-20/h4,7-8,14H,3,5-6,9-12H2,1-2H3. The van der Waals surface area contributed by atoms with Crippen LogP contribution in [0.25, 0.3) is 0 Å². The van der Waals surface area contributed by atoms with Crippen molar-refractivity contribution < 1.29 is 4.42 Å². The van der Waals surface area contributed by atoms with E-state index in [1.807, 2.05) is 19.2 Å². The maximum atomic E-state index is 5.81. The number of hydrogen-bond acceptors (Lipinski definition) is 4. The molecule has 0 unspecified atom stereocenters. The number of oxazole rings is 1. The van der Waals surface area contributed by atoms with Crippen LogP contribution in [-0.2, 0) is 19.5 Å². The summed E-state index contributed by atoms with van der Waals surface area (Å²) in [4.78, 5) is 6.93. The third-order valence-corrected chi connectivity index (χ3v) is 4.32. The summed E-state index contributed by atoms with van der Waals surface area (Å²) in [5.74, 6) is 2.64. The summed E-state index contributed by atoms with van der Waals surface area (Å²) < 4.78 is 7.86. The van der Waals surface area contributed by atoms with Crippen LogP contribution in [0.2, 0.25) is 0 Å². The third-order valence-electron chi connectivity index (χ3n) is 4.32. The number of nitrogens with zero attached hydrogens (tertiary/aromatic N) is 4. The molecule has 0 spiro atoms. The Kier molecular flexibility index (Phi) is 4.39. The first-order valence-corrected chi connectivity index (χ1v) is 7.89. The highest BCUT2D eigenvalue weighted by Crippen LogP contribution is 2.21. The zero-order valence-electron chi connectivity index (χ0n) is 13.0. The second kappa shape index (κ2) is 6.43. The van der Waals surface area contributed by atoms with E-state index in [2.05, 4.69) is 32.8 Å². The van der Waals surface area contributed by atoms with E-state index in [0.29, 0.717) is 0 Å². The highest BCUT2D eigenvalue weighted by Gasteiger charge is 2.21. The number of rotatable bonds is 5. The maximum Gasteiger partial charge on any atom is 0.194 e. The van der Waals surface area contributed by atoms with E-state index in [1.165, 1.54) is 12.8 Å². The summed E-state index contributed by atoms with van der Waals surface area (Å²) in [5, 5.41) is 4.30. The van der Waals surface area contributed by atoms with E-state index in [0.717, 1.165) is 55.9 Å². The fraction of sp³-hybridized carbons (Fsp3) is 0.625. The van der Waals surface area contributed by atoms with Crippen molar-refractivity contribution in [3.63, 3.8) is 0 Å². The van der Waals surface area contributed by atoms with Gasteiger partial charge >= 0.3 is 0 Å². The van der Waals surface area contributed by atoms with Gasteiger partial charge in [0.15, 0.2) is 5.89 Å². The third kappa shape index (κ3) is 3.53. The van der Waals surface area contributed by atoms with E-state index in [4.69, 9.17) is 4.42 Å². The average Bonchev–Trinajstić information content (AvgIpc) is 3.11. The van der Waals surface area contributed by atoms with Gasteiger partial charge in [-0.1, -0.05) is 6.92 Å². The lowest BCUT2D eigenvalue weighted by Crippen LogP contribution is -2.34. The largest absolute Gasteiger partial charge is 0.444 e. The van der Waals surface area contributed by atoms with Crippen LogP contribution in [0.5, 0.6) is 0 Å². The van der Waals surface area contributed by atoms with E-state index < -0.39 is 0 Å². The van der Waals surface area contributed by atoms with Crippen LogP contribution < -0.4 is 0 Å². The molecule has 0 amide bonds. The molecule has 0 radical (unpaired) electrons. The predicted octanol–water partition coefficient (Wildman–Crippen LogP) is 2.65. The minimum absolute atomic E-state index is 0.739. The van der Waals surface area contributed by atoms with Crippen molar-refractivity contribution in [2.75, 3.05) is 13.1 Å². The molecule has 114 valence electrons. The summed E-state index contributed by atoms with van der Waals surface area (Å²) in [5.41, 5.74) is 1.05. The molecule has 1 saturated heterocycles. The van der Waals surface area contributed by atoms with E-state index in [-0.39, 0.29) is 0 Å². The van der Waals surface area contributed by atoms with Gasteiger partial charge in [0, 0.05) is 25.4 Å². The summed E-state index contributed by atoms with van der Waals surface area (Å²) in [6.45, 7) is 8.33. The number of aromatic nitrogens is 3. The van der Waals surface area contributed by atoms with Gasteiger partial charge in [0.1, 0.15) is 5.76 Å². The fourth-order valence-corrected chi connectivity index (χ4v) is 2.99. The number of aryl methyl sites for hydroxylation is 2. The zero-order chi connectivity index (χ0) is 14.7. The lowest BCUT2D eigenvalue weighted by Gasteiger charge is -2.31. The molecule has 5 heteroatoms. The molecule has 0 aromatic carbocycles. The Hall–Kier alpha value is -1.62. The molecule has 5 nitrogen and oxygen atoms in total. The Morgan fingerprint density at radius 2 is 2.14 bits per heavy atom. The molecule has 1 aliphatic heterocycles. The first kappa shape index (κ1) is 14.3. The van der Waals surface area contributed by atoms with Crippen LogP contribution >= 0.6 is 0 Å². The molecule has 3 rings (SSSR count). The van der Waals surface area contributed by atoms with Gasteiger partial charge in [-0.15, -0.1) is 0 Å². The van der Waals surface area contributed by atoms with Gasteiger partial charge in [0.25, 0.3) is 0 Å². The van der Waals surface area contributed by atoms with Crippen molar-refractivity contribution in [1.29, 1.82) is 0 Å². The smallest absolute Gasteiger partial charge is 0.194 e. The lowest BCUT2D eigenvalue weighted by molar-refractivity contribution is 0.154. The van der Waals surface area contributed by atoms with Gasteiger partial charge in [-0.25, -0.2) is 4.98 Å². The zero-order valence-corrected chi connectivity index (χ0v) is 13.0. The van der Waals surface area contributed by atoms with Gasteiger partial charge in [-0.05, 0) is 44.8 Å². The molecule has 0 N–H and O–H groups in total. The van der Waals surface area contributed by atoms with Crippen LogP contribution in [0.3, 0.4) is 0 Å². The number of hydrogen-bond donors (Lipinski definition) is 0. The lowest BCUT2D eigenvalue weighted by atomic mass is 9.97. The minimum atomic E-state index is 0.739. The highest BCUT2D eigenvalue weighted by atomic mass is 16.4.